The Hall–Kier alpha value is 0.270. The average Bonchev–Trinajstić information content (AvgIpc) is 2.44. The second kappa shape index (κ2) is 5.38. The van der Waals surface area contributed by atoms with Crippen molar-refractivity contribution in [1.82, 2.24) is 5.32 Å². The molecule has 0 aromatic carbocycles. The Morgan fingerprint density at radius 2 is 2.14 bits per heavy atom. The van der Waals surface area contributed by atoms with Crippen molar-refractivity contribution < 1.29 is 4.74 Å². The SMILES string of the molecule is CC1OCCC1NCCSC(C)(C)C. The van der Waals surface area contributed by atoms with Gasteiger partial charge in [-0.2, -0.15) is 11.8 Å². The molecule has 1 heterocycles. The zero-order valence-corrected chi connectivity index (χ0v) is 10.6. The highest BCUT2D eigenvalue weighted by molar-refractivity contribution is 8.00. The predicted octanol–water partition coefficient (Wildman–Crippen LogP) is 2.29. The number of nitrogens with one attached hydrogen (secondary N) is 1. The van der Waals surface area contributed by atoms with Gasteiger partial charge in [-0.3, -0.25) is 0 Å². The molecule has 0 bridgehead atoms. The Balaban J connectivity index is 2.04. The summed E-state index contributed by atoms with van der Waals surface area (Å²) in [6.45, 7) is 11.0. The van der Waals surface area contributed by atoms with Gasteiger partial charge in [-0.1, -0.05) is 20.8 Å². The third-order valence-electron chi connectivity index (χ3n) is 2.42. The third-order valence-corrected chi connectivity index (χ3v) is 3.69. The van der Waals surface area contributed by atoms with Crippen LogP contribution in [-0.2, 0) is 4.74 Å². The Kier molecular flexibility index (Phi) is 4.74. The molecule has 0 saturated carbocycles. The molecule has 2 unspecified atom stereocenters. The van der Waals surface area contributed by atoms with Crippen LogP contribution in [0.1, 0.15) is 34.1 Å². The van der Waals surface area contributed by atoms with Gasteiger partial charge in [0.15, 0.2) is 0 Å². The van der Waals surface area contributed by atoms with Gasteiger partial charge in [0.25, 0.3) is 0 Å². The molecule has 0 amide bonds. The fourth-order valence-electron chi connectivity index (χ4n) is 1.60. The molecule has 1 aliphatic heterocycles. The average molecular weight is 217 g/mol. The normalized spacial score (nSPS) is 28.3. The van der Waals surface area contributed by atoms with Crippen molar-refractivity contribution in [3.63, 3.8) is 0 Å². The van der Waals surface area contributed by atoms with E-state index in [-0.39, 0.29) is 0 Å². The summed E-state index contributed by atoms with van der Waals surface area (Å²) in [6, 6.07) is 0.579. The lowest BCUT2D eigenvalue weighted by atomic mass is 10.2. The van der Waals surface area contributed by atoms with Gasteiger partial charge in [0.1, 0.15) is 0 Å². The van der Waals surface area contributed by atoms with Crippen LogP contribution in [0.4, 0.5) is 0 Å². The molecule has 0 aromatic heterocycles. The fourth-order valence-corrected chi connectivity index (χ4v) is 2.43. The maximum atomic E-state index is 5.49. The van der Waals surface area contributed by atoms with E-state index in [1.807, 2.05) is 11.8 Å². The number of thioether (sulfide) groups is 1. The Labute approximate surface area is 92.2 Å². The quantitative estimate of drug-likeness (QED) is 0.730. The second-order valence-electron chi connectivity index (χ2n) is 4.89. The van der Waals surface area contributed by atoms with E-state index >= 15 is 0 Å². The molecule has 0 spiro atoms. The number of ether oxygens (including phenoxy) is 1. The topological polar surface area (TPSA) is 21.3 Å². The first-order valence-electron chi connectivity index (χ1n) is 5.48. The van der Waals surface area contributed by atoms with E-state index in [9.17, 15) is 0 Å². The maximum Gasteiger partial charge on any atom is 0.0700 e. The molecular weight excluding hydrogens is 194 g/mol. The summed E-state index contributed by atoms with van der Waals surface area (Å²) in [6.07, 6.45) is 1.57. The summed E-state index contributed by atoms with van der Waals surface area (Å²) in [5.41, 5.74) is 0. The van der Waals surface area contributed by atoms with E-state index in [1.54, 1.807) is 0 Å². The molecule has 0 aromatic rings. The minimum atomic E-state index is 0.388. The third kappa shape index (κ3) is 4.67. The number of rotatable bonds is 4. The summed E-state index contributed by atoms with van der Waals surface area (Å²) >= 11 is 2.01. The molecule has 3 heteroatoms. The van der Waals surface area contributed by atoms with Crippen LogP contribution in [0.5, 0.6) is 0 Å². The Morgan fingerprint density at radius 3 is 2.64 bits per heavy atom. The molecule has 1 rings (SSSR count). The van der Waals surface area contributed by atoms with Gasteiger partial charge in [0, 0.05) is 29.7 Å². The molecule has 0 aliphatic carbocycles. The predicted molar refractivity (Wildman–Crippen MR) is 64.0 cm³/mol. The van der Waals surface area contributed by atoms with E-state index in [2.05, 4.69) is 33.0 Å². The lowest BCUT2D eigenvalue weighted by Crippen LogP contribution is -2.36. The van der Waals surface area contributed by atoms with Crippen LogP contribution in [0.25, 0.3) is 0 Å². The van der Waals surface area contributed by atoms with Crippen molar-refractivity contribution in [1.29, 1.82) is 0 Å². The summed E-state index contributed by atoms with van der Waals surface area (Å²) in [5, 5.41) is 3.56. The summed E-state index contributed by atoms with van der Waals surface area (Å²) in [5.74, 6) is 1.19. The molecule has 0 radical (unpaired) electrons. The molecule has 2 atom stereocenters. The largest absolute Gasteiger partial charge is 0.377 e. The van der Waals surface area contributed by atoms with Crippen LogP contribution in [0.2, 0.25) is 0 Å². The molecular formula is C11H23NOS. The second-order valence-corrected chi connectivity index (χ2v) is 6.81. The van der Waals surface area contributed by atoms with Gasteiger partial charge in [0.05, 0.1) is 6.10 Å². The highest BCUT2D eigenvalue weighted by Gasteiger charge is 2.23. The molecule has 84 valence electrons. The summed E-state index contributed by atoms with van der Waals surface area (Å²) < 4.78 is 5.88. The Bertz CT molecular complexity index is 167. The summed E-state index contributed by atoms with van der Waals surface area (Å²) in [4.78, 5) is 0. The standard InChI is InChI=1S/C11H23NOS/c1-9-10(5-7-13-9)12-6-8-14-11(2,3)4/h9-10,12H,5-8H2,1-4H3. The number of hydrogen-bond donors (Lipinski definition) is 1. The van der Waals surface area contributed by atoms with Crippen LogP contribution in [0, 0.1) is 0 Å². The number of hydrogen-bond acceptors (Lipinski definition) is 3. The fraction of sp³-hybridized carbons (Fsp3) is 1.00. The monoisotopic (exact) mass is 217 g/mol. The van der Waals surface area contributed by atoms with Crippen molar-refractivity contribution in [3.05, 3.63) is 0 Å². The zero-order chi connectivity index (χ0) is 10.6. The van der Waals surface area contributed by atoms with Crippen LogP contribution in [0.3, 0.4) is 0 Å². The molecule has 14 heavy (non-hydrogen) atoms. The molecule has 1 N–H and O–H groups in total. The van der Waals surface area contributed by atoms with Gasteiger partial charge in [-0.25, -0.2) is 0 Å². The maximum absolute atomic E-state index is 5.49. The molecule has 1 saturated heterocycles. The first kappa shape index (κ1) is 12.3. The Morgan fingerprint density at radius 1 is 1.43 bits per heavy atom. The van der Waals surface area contributed by atoms with Crippen LogP contribution >= 0.6 is 11.8 Å². The lowest BCUT2D eigenvalue weighted by Gasteiger charge is -2.20. The van der Waals surface area contributed by atoms with Gasteiger partial charge in [-0.05, 0) is 13.3 Å². The van der Waals surface area contributed by atoms with Gasteiger partial charge in [-0.15, -0.1) is 0 Å². The van der Waals surface area contributed by atoms with Gasteiger partial charge >= 0.3 is 0 Å². The lowest BCUT2D eigenvalue weighted by molar-refractivity contribution is 0.113. The molecule has 1 aliphatic rings. The smallest absolute Gasteiger partial charge is 0.0700 e. The molecule has 1 fully saturated rings. The van der Waals surface area contributed by atoms with E-state index in [0.717, 1.165) is 13.2 Å². The minimum Gasteiger partial charge on any atom is -0.377 e. The van der Waals surface area contributed by atoms with E-state index in [0.29, 0.717) is 16.9 Å². The van der Waals surface area contributed by atoms with Gasteiger partial charge in [0.2, 0.25) is 0 Å². The van der Waals surface area contributed by atoms with Crippen molar-refractivity contribution >= 4 is 11.8 Å². The first-order valence-corrected chi connectivity index (χ1v) is 6.46. The van der Waals surface area contributed by atoms with Crippen molar-refractivity contribution in [2.75, 3.05) is 18.9 Å². The van der Waals surface area contributed by atoms with Crippen LogP contribution in [-0.4, -0.2) is 35.8 Å². The highest BCUT2D eigenvalue weighted by atomic mass is 32.2. The summed E-state index contributed by atoms with van der Waals surface area (Å²) in [7, 11) is 0. The van der Waals surface area contributed by atoms with Crippen molar-refractivity contribution in [3.8, 4) is 0 Å². The van der Waals surface area contributed by atoms with Crippen molar-refractivity contribution in [2.24, 2.45) is 0 Å². The minimum absolute atomic E-state index is 0.388. The van der Waals surface area contributed by atoms with E-state index < -0.39 is 0 Å². The molecule has 2 nitrogen and oxygen atoms in total. The first-order chi connectivity index (χ1) is 6.49. The van der Waals surface area contributed by atoms with Gasteiger partial charge < -0.3 is 10.1 Å². The zero-order valence-electron chi connectivity index (χ0n) is 9.80. The van der Waals surface area contributed by atoms with Crippen LogP contribution in [0.15, 0.2) is 0 Å². The van der Waals surface area contributed by atoms with Crippen LogP contribution < -0.4 is 5.32 Å². The van der Waals surface area contributed by atoms with E-state index in [1.165, 1.54) is 12.2 Å². The van der Waals surface area contributed by atoms with E-state index in [4.69, 9.17) is 4.74 Å². The highest BCUT2D eigenvalue weighted by Crippen LogP contribution is 2.22. The van der Waals surface area contributed by atoms with Crippen molar-refractivity contribution in [2.45, 2.75) is 51.0 Å².